The van der Waals surface area contributed by atoms with Crippen molar-refractivity contribution >= 4 is 28.3 Å². The minimum absolute atomic E-state index is 0.00739. The number of anilines is 4. The van der Waals surface area contributed by atoms with Gasteiger partial charge in [-0.05, 0) is 129 Å². The zero-order valence-corrected chi connectivity index (χ0v) is 37.7. The zero-order valence-electron chi connectivity index (χ0n) is 37.7. The molecule has 0 fully saturated rings. The second kappa shape index (κ2) is 19.0. The van der Waals surface area contributed by atoms with Crippen LogP contribution in [-0.2, 0) is 6.42 Å². The predicted molar refractivity (Wildman–Crippen MR) is 281 cm³/mol. The van der Waals surface area contributed by atoms with E-state index in [9.17, 15) is 0 Å². The van der Waals surface area contributed by atoms with E-state index in [4.69, 9.17) is 0 Å². The molecule has 66 heavy (non-hydrogen) atoms. The van der Waals surface area contributed by atoms with Gasteiger partial charge in [0, 0.05) is 28.7 Å². The number of rotatable bonds is 13. The normalized spacial score (nSPS) is 14.0. The number of hydrogen-bond acceptors (Lipinski definition) is 2. The van der Waals surface area contributed by atoms with Gasteiger partial charge >= 0.3 is 0 Å². The Morgan fingerprint density at radius 3 is 0.985 bits per heavy atom. The highest BCUT2D eigenvalue weighted by molar-refractivity contribution is 5.85. The van der Waals surface area contributed by atoms with Gasteiger partial charge in [0.15, 0.2) is 0 Å². The molecule has 1 aliphatic carbocycles. The summed E-state index contributed by atoms with van der Waals surface area (Å²) < 4.78 is 0. The first-order chi connectivity index (χ1) is 32.6. The number of allylic oxidation sites excluding steroid dienone is 2. The van der Waals surface area contributed by atoms with Crippen LogP contribution < -0.4 is 9.80 Å². The smallest absolute Gasteiger partial charge is 0.147 e. The van der Waals surface area contributed by atoms with Crippen LogP contribution in [0.25, 0.3) is 50.1 Å². The molecule has 1 atom stereocenters. The quantitative estimate of drug-likeness (QED) is 0.107. The molecule has 0 spiro atoms. The maximum absolute atomic E-state index is 2.60. The van der Waals surface area contributed by atoms with E-state index in [1.165, 1.54) is 61.2 Å². The Balaban J connectivity index is 1.23. The average molecular weight is 851 g/mol. The lowest BCUT2D eigenvalue weighted by Crippen LogP contribution is -2.61. The van der Waals surface area contributed by atoms with Crippen molar-refractivity contribution in [2.75, 3.05) is 9.80 Å². The molecular weight excluding hydrogens is 797 g/mol. The summed E-state index contributed by atoms with van der Waals surface area (Å²) in [5.74, 6) is 0.00739. The second-order valence-electron chi connectivity index (χ2n) is 17.1. The summed E-state index contributed by atoms with van der Waals surface area (Å²) in [6.45, 7) is 4.58. The Morgan fingerprint density at radius 2 is 0.667 bits per heavy atom. The van der Waals surface area contributed by atoms with E-state index in [-0.39, 0.29) is 5.92 Å². The lowest BCUT2D eigenvalue weighted by Gasteiger charge is -2.55. The lowest BCUT2D eigenvalue weighted by atomic mass is 9.78. The Hall–Kier alpha value is -7.94. The minimum atomic E-state index is -0.786. The Labute approximate surface area is 391 Å². The molecule has 0 saturated carbocycles. The van der Waals surface area contributed by atoms with Crippen molar-refractivity contribution in [1.82, 2.24) is 0 Å². The maximum atomic E-state index is 2.60. The molecule has 2 heteroatoms. The standard InChI is InChI=1S/C64H54N2/c1-3-48-18-17-27-57(46-48)58-44-45-64(59(4-2)47-58,65(60-36-28-53(29-37-60)49-19-9-5-10-20-49)61-38-30-54(31-39-61)50-21-11-6-12-22-50)66(62-40-32-55(33-41-62)51-23-13-7-14-24-51)63-42-34-56(35-43-63)52-25-15-8-16-26-52/h5-47,59H,3-4H2,1-2H3. The van der Waals surface area contributed by atoms with Gasteiger partial charge < -0.3 is 9.80 Å². The zero-order chi connectivity index (χ0) is 44.7. The molecule has 10 rings (SSSR count). The first-order valence-corrected chi connectivity index (χ1v) is 23.3. The third kappa shape index (κ3) is 8.42. The summed E-state index contributed by atoms with van der Waals surface area (Å²) in [6, 6.07) is 88.5. The molecule has 0 aliphatic heterocycles. The van der Waals surface area contributed by atoms with Crippen LogP contribution in [0.4, 0.5) is 22.7 Å². The van der Waals surface area contributed by atoms with E-state index in [0.717, 1.165) is 35.6 Å². The van der Waals surface area contributed by atoms with Gasteiger partial charge in [-0.2, -0.15) is 0 Å². The van der Waals surface area contributed by atoms with Gasteiger partial charge in [-0.1, -0.05) is 220 Å². The number of aryl methyl sites for hydroxylation is 1. The molecule has 0 radical (unpaired) electrons. The number of hydrogen-bond donors (Lipinski definition) is 0. The van der Waals surface area contributed by atoms with Crippen molar-refractivity contribution in [3.05, 3.63) is 272 Å². The molecule has 320 valence electrons. The Bertz CT molecular complexity index is 2710. The molecule has 0 saturated heterocycles. The summed E-state index contributed by atoms with van der Waals surface area (Å²) in [6.07, 6.45) is 9.30. The first-order valence-electron chi connectivity index (χ1n) is 23.3. The SMILES string of the molecule is CCc1cccc(C2=CC(CC)C(N(c3ccc(-c4ccccc4)cc3)c3ccc(-c4ccccc4)cc3)(N(c3ccc(-c4ccccc4)cc3)c3ccc(-c4ccccc4)cc3)C=C2)c1. The molecule has 9 aromatic rings. The van der Waals surface area contributed by atoms with E-state index < -0.39 is 5.66 Å². The highest BCUT2D eigenvalue weighted by Crippen LogP contribution is 2.51. The van der Waals surface area contributed by atoms with E-state index in [0.29, 0.717) is 0 Å². The van der Waals surface area contributed by atoms with Crippen LogP contribution in [0.1, 0.15) is 31.4 Å². The second-order valence-corrected chi connectivity index (χ2v) is 17.1. The van der Waals surface area contributed by atoms with Crippen molar-refractivity contribution in [3.63, 3.8) is 0 Å². The third-order valence-electron chi connectivity index (χ3n) is 13.2. The van der Waals surface area contributed by atoms with Crippen LogP contribution in [0, 0.1) is 5.92 Å². The molecule has 0 amide bonds. The summed E-state index contributed by atoms with van der Waals surface area (Å²) >= 11 is 0. The van der Waals surface area contributed by atoms with Crippen LogP contribution in [0.3, 0.4) is 0 Å². The summed E-state index contributed by atoms with van der Waals surface area (Å²) in [5.41, 5.74) is 16.9. The Kier molecular flexibility index (Phi) is 12.1. The average Bonchev–Trinajstić information content (AvgIpc) is 3.41. The molecule has 0 N–H and O–H groups in total. The maximum Gasteiger partial charge on any atom is 0.147 e. The first kappa shape index (κ1) is 42.0. The molecule has 1 aliphatic rings. The van der Waals surface area contributed by atoms with Crippen LogP contribution in [0.5, 0.6) is 0 Å². The molecule has 9 aromatic carbocycles. The van der Waals surface area contributed by atoms with Crippen molar-refractivity contribution in [3.8, 4) is 44.5 Å². The van der Waals surface area contributed by atoms with Gasteiger partial charge in [0.25, 0.3) is 0 Å². The van der Waals surface area contributed by atoms with Gasteiger partial charge in [0.1, 0.15) is 5.66 Å². The molecule has 0 aromatic heterocycles. The fourth-order valence-electron chi connectivity index (χ4n) is 9.75. The summed E-state index contributed by atoms with van der Waals surface area (Å²) in [5, 5.41) is 0. The summed E-state index contributed by atoms with van der Waals surface area (Å²) in [4.78, 5) is 5.21. The van der Waals surface area contributed by atoms with Gasteiger partial charge in [0.05, 0.1) is 0 Å². The van der Waals surface area contributed by atoms with Gasteiger partial charge in [-0.15, -0.1) is 0 Å². The lowest BCUT2D eigenvalue weighted by molar-refractivity contribution is 0.381. The van der Waals surface area contributed by atoms with Gasteiger partial charge in [-0.3, -0.25) is 0 Å². The van der Waals surface area contributed by atoms with E-state index in [2.05, 4.69) is 285 Å². The fourth-order valence-corrected chi connectivity index (χ4v) is 9.75. The largest absolute Gasteiger partial charge is 0.314 e. The van der Waals surface area contributed by atoms with Crippen LogP contribution in [0.2, 0.25) is 0 Å². The van der Waals surface area contributed by atoms with Crippen LogP contribution in [-0.4, -0.2) is 5.66 Å². The topological polar surface area (TPSA) is 6.48 Å². The molecule has 0 bridgehead atoms. The van der Waals surface area contributed by atoms with Gasteiger partial charge in [-0.25, -0.2) is 0 Å². The van der Waals surface area contributed by atoms with E-state index in [1.807, 2.05) is 0 Å². The van der Waals surface area contributed by atoms with E-state index in [1.54, 1.807) is 0 Å². The van der Waals surface area contributed by atoms with Gasteiger partial charge in [0.2, 0.25) is 0 Å². The van der Waals surface area contributed by atoms with Crippen LogP contribution >= 0.6 is 0 Å². The molecule has 2 nitrogen and oxygen atoms in total. The molecule has 1 unspecified atom stereocenters. The monoisotopic (exact) mass is 850 g/mol. The van der Waals surface area contributed by atoms with Crippen LogP contribution in [0.15, 0.2) is 261 Å². The molecule has 0 heterocycles. The van der Waals surface area contributed by atoms with E-state index >= 15 is 0 Å². The molecular formula is C64H54N2. The Morgan fingerprint density at radius 1 is 0.348 bits per heavy atom. The predicted octanol–water partition coefficient (Wildman–Crippen LogP) is 17.3. The summed E-state index contributed by atoms with van der Waals surface area (Å²) in [7, 11) is 0. The highest BCUT2D eigenvalue weighted by atomic mass is 15.4. The van der Waals surface area contributed by atoms with Crippen molar-refractivity contribution in [2.24, 2.45) is 5.92 Å². The highest BCUT2D eigenvalue weighted by Gasteiger charge is 2.49. The van der Waals surface area contributed by atoms with Crippen molar-refractivity contribution in [2.45, 2.75) is 32.4 Å². The number of nitrogens with zero attached hydrogens (tertiary/aromatic N) is 2. The van der Waals surface area contributed by atoms with Crippen molar-refractivity contribution < 1.29 is 0 Å². The fraction of sp³-hybridized carbons (Fsp3) is 0.0938. The minimum Gasteiger partial charge on any atom is -0.314 e. The number of benzene rings is 9. The third-order valence-corrected chi connectivity index (χ3v) is 13.2. The van der Waals surface area contributed by atoms with Crippen molar-refractivity contribution in [1.29, 1.82) is 0 Å².